The molecule has 0 saturated carbocycles. The number of hydrogen-bond acceptors (Lipinski definition) is 6. The lowest BCUT2D eigenvalue weighted by Crippen LogP contribution is -2.26. The number of aromatic nitrogens is 1. The largest absolute Gasteiger partial charge is 0.433 e. The second kappa shape index (κ2) is 7.46. The van der Waals surface area contributed by atoms with Crippen LogP contribution in [0.5, 0.6) is 0 Å². The molecule has 0 fully saturated rings. The molecule has 1 aromatic heterocycles. The number of pyridine rings is 1. The summed E-state index contributed by atoms with van der Waals surface area (Å²) in [6.07, 6.45) is -4.22. The van der Waals surface area contributed by atoms with Crippen LogP contribution in [0.1, 0.15) is 36.8 Å². The van der Waals surface area contributed by atoms with Crippen molar-refractivity contribution in [2.45, 2.75) is 38.0 Å². The molecule has 2 heterocycles. The minimum atomic E-state index is -4.60. The number of nitrogens with one attached hydrogen (secondary N) is 2. The maximum Gasteiger partial charge on any atom is 0.433 e. The molecule has 0 radical (unpaired) electrons. The normalized spacial score (nSPS) is 16.2. The van der Waals surface area contributed by atoms with Gasteiger partial charge in [-0.1, -0.05) is 6.92 Å². The molecule has 1 aromatic carbocycles. The molecule has 30 heavy (non-hydrogen) atoms. The van der Waals surface area contributed by atoms with Crippen LogP contribution in [0, 0.1) is 6.92 Å². The van der Waals surface area contributed by atoms with Crippen molar-refractivity contribution < 1.29 is 26.4 Å². The molecule has 0 bridgehead atoms. The summed E-state index contributed by atoms with van der Waals surface area (Å²) in [7, 11) is -2.06. The molecule has 0 spiro atoms. The van der Waals surface area contributed by atoms with E-state index in [-0.39, 0.29) is 22.2 Å². The van der Waals surface area contributed by atoms with Crippen molar-refractivity contribution in [1.29, 1.82) is 0 Å². The number of carbonyl (C=O) groups is 1. The molecule has 3 rings (SSSR count). The Bertz CT molecular complexity index is 1120. The highest BCUT2D eigenvalue weighted by Gasteiger charge is 2.37. The van der Waals surface area contributed by atoms with E-state index in [2.05, 4.69) is 15.6 Å². The Balaban J connectivity index is 2.13. The van der Waals surface area contributed by atoms with Gasteiger partial charge in [-0.3, -0.25) is 4.79 Å². The predicted molar refractivity (Wildman–Crippen MR) is 107 cm³/mol. The average Bonchev–Trinajstić information content (AvgIpc) is 2.98. The standard InChI is InChI=1S/C19H21F3N4O3S/c1-5-30(28,29)16-7-13(24-11(3)27)10(2)6-12(16)18-25-14-8-17(19(20,21)22)23-9-15(14)26(18)4/h6-9,18,25H,5H2,1-4H3,(H,24,27). The minimum Gasteiger partial charge on any atom is -0.360 e. The summed E-state index contributed by atoms with van der Waals surface area (Å²) in [6, 6.07) is 3.91. The second-order valence-electron chi connectivity index (χ2n) is 7.03. The first-order chi connectivity index (χ1) is 13.8. The van der Waals surface area contributed by atoms with E-state index in [4.69, 9.17) is 0 Å². The predicted octanol–water partition coefficient (Wildman–Crippen LogP) is 3.72. The van der Waals surface area contributed by atoms with Gasteiger partial charge in [-0.25, -0.2) is 13.4 Å². The third-order valence-electron chi connectivity index (χ3n) is 4.91. The second-order valence-corrected chi connectivity index (χ2v) is 9.28. The molecule has 1 aliphatic heterocycles. The van der Waals surface area contributed by atoms with Gasteiger partial charge in [-0.15, -0.1) is 0 Å². The Morgan fingerprint density at radius 3 is 2.53 bits per heavy atom. The lowest BCUT2D eigenvalue weighted by Gasteiger charge is -2.25. The molecule has 2 aromatic rings. The van der Waals surface area contributed by atoms with Gasteiger partial charge >= 0.3 is 6.18 Å². The molecule has 11 heteroatoms. The van der Waals surface area contributed by atoms with Crippen LogP contribution in [0.2, 0.25) is 0 Å². The monoisotopic (exact) mass is 442 g/mol. The lowest BCUT2D eigenvalue weighted by molar-refractivity contribution is -0.141. The number of halogens is 3. The molecule has 162 valence electrons. The molecule has 7 nitrogen and oxygen atoms in total. The highest BCUT2D eigenvalue weighted by Crippen LogP contribution is 2.44. The zero-order valence-corrected chi connectivity index (χ0v) is 17.6. The maximum absolute atomic E-state index is 13.0. The quantitative estimate of drug-likeness (QED) is 0.750. The molecule has 1 amide bonds. The van der Waals surface area contributed by atoms with E-state index in [0.29, 0.717) is 22.5 Å². The van der Waals surface area contributed by atoms with Crippen molar-refractivity contribution in [2.24, 2.45) is 0 Å². The van der Waals surface area contributed by atoms with Crippen LogP contribution in [0.25, 0.3) is 0 Å². The SMILES string of the molecule is CCS(=O)(=O)c1cc(NC(C)=O)c(C)cc1C1Nc2cc(C(F)(F)F)ncc2N1C. The Morgan fingerprint density at radius 2 is 1.97 bits per heavy atom. The van der Waals surface area contributed by atoms with Gasteiger partial charge in [0.1, 0.15) is 11.9 Å². The minimum absolute atomic E-state index is 0.000472. The summed E-state index contributed by atoms with van der Waals surface area (Å²) >= 11 is 0. The van der Waals surface area contributed by atoms with Crippen molar-refractivity contribution in [2.75, 3.05) is 28.3 Å². The summed E-state index contributed by atoms with van der Waals surface area (Å²) in [4.78, 5) is 16.6. The first-order valence-electron chi connectivity index (χ1n) is 9.06. The van der Waals surface area contributed by atoms with Gasteiger partial charge < -0.3 is 15.5 Å². The van der Waals surface area contributed by atoms with Gasteiger partial charge in [0.05, 0.1) is 28.2 Å². The van der Waals surface area contributed by atoms with E-state index in [1.54, 1.807) is 24.9 Å². The lowest BCUT2D eigenvalue weighted by atomic mass is 10.1. The molecular formula is C19H21F3N4O3S. The molecule has 2 N–H and O–H groups in total. The van der Waals surface area contributed by atoms with Crippen LogP contribution < -0.4 is 15.5 Å². The van der Waals surface area contributed by atoms with E-state index in [9.17, 15) is 26.4 Å². The third-order valence-corrected chi connectivity index (χ3v) is 6.69. The van der Waals surface area contributed by atoms with Crippen molar-refractivity contribution in [1.82, 2.24) is 4.98 Å². The number of fused-ring (bicyclic) bond motifs is 1. The zero-order valence-electron chi connectivity index (χ0n) is 16.8. The van der Waals surface area contributed by atoms with Crippen LogP contribution in [-0.2, 0) is 20.8 Å². The number of aryl methyl sites for hydroxylation is 1. The van der Waals surface area contributed by atoms with Crippen molar-refractivity contribution in [3.63, 3.8) is 0 Å². The van der Waals surface area contributed by atoms with Crippen LogP contribution in [-0.4, -0.2) is 32.1 Å². The number of carbonyl (C=O) groups excluding carboxylic acids is 1. The Hall–Kier alpha value is -2.82. The van der Waals surface area contributed by atoms with E-state index in [1.807, 2.05) is 0 Å². The van der Waals surface area contributed by atoms with Gasteiger partial charge in [0.25, 0.3) is 0 Å². The van der Waals surface area contributed by atoms with E-state index < -0.39 is 27.9 Å². The summed E-state index contributed by atoms with van der Waals surface area (Å²) in [6.45, 7) is 4.52. The number of rotatable bonds is 4. The average molecular weight is 442 g/mol. The first kappa shape index (κ1) is 21.9. The Labute approximate surface area is 172 Å². The highest BCUT2D eigenvalue weighted by molar-refractivity contribution is 7.91. The highest BCUT2D eigenvalue weighted by atomic mass is 32.2. The number of benzene rings is 1. The zero-order chi connectivity index (χ0) is 22.4. The van der Waals surface area contributed by atoms with E-state index in [1.165, 1.54) is 19.9 Å². The Morgan fingerprint density at radius 1 is 1.30 bits per heavy atom. The Kier molecular flexibility index (Phi) is 5.44. The van der Waals surface area contributed by atoms with Gasteiger partial charge in [0.15, 0.2) is 9.84 Å². The summed E-state index contributed by atoms with van der Waals surface area (Å²) in [5, 5.41) is 5.58. The van der Waals surface area contributed by atoms with Crippen LogP contribution in [0.15, 0.2) is 29.3 Å². The molecule has 0 saturated heterocycles. The van der Waals surface area contributed by atoms with Crippen LogP contribution >= 0.6 is 0 Å². The number of hydrogen-bond donors (Lipinski definition) is 2. The molecule has 1 aliphatic rings. The van der Waals surface area contributed by atoms with Gasteiger partial charge in [0.2, 0.25) is 5.91 Å². The van der Waals surface area contributed by atoms with Crippen molar-refractivity contribution in [3.05, 3.63) is 41.2 Å². The first-order valence-corrected chi connectivity index (χ1v) is 10.7. The van der Waals surface area contributed by atoms with Crippen molar-refractivity contribution in [3.8, 4) is 0 Å². The number of amides is 1. The molecule has 0 aliphatic carbocycles. The van der Waals surface area contributed by atoms with Crippen molar-refractivity contribution >= 4 is 32.8 Å². The topological polar surface area (TPSA) is 91.4 Å². The number of alkyl halides is 3. The fourth-order valence-electron chi connectivity index (χ4n) is 3.34. The number of nitrogens with zero attached hydrogens (tertiary/aromatic N) is 2. The van der Waals surface area contributed by atoms with Gasteiger partial charge in [-0.2, -0.15) is 13.2 Å². The third kappa shape index (κ3) is 3.93. The van der Waals surface area contributed by atoms with E-state index in [0.717, 1.165) is 12.3 Å². The van der Waals surface area contributed by atoms with Crippen LogP contribution in [0.3, 0.4) is 0 Å². The molecule has 1 atom stereocenters. The number of anilines is 3. The summed E-state index contributed by atoms with van der Waals surface area (Å²) in [5.74, 6) is -0.522. The fourth-order valence-corrected chi connectivity index (χ4v) is 4.48. The van der Waals surface area contributed by atoms with Gasteiger partial charge in [0, 0.05) is 25.2 Å². The van der Waals surface area contributed by atoms with E-state index >= 15 is 0 Å². The van der Waals surface area contributed by atoms with Gasteiger partial charge in [-0.05, 0) is 30.7 Å². The maximum atomic E-state index is 13.0. The smallest absolute Gasteiger partial charge is 0.360 e. The summed E-state index contributed by atoms with van der Waals surface area (Å²) < 4.78 is 64.6. The van der Waals surface area contributed by atoms with Crippen LogP contribution in [0.4, 0.5) is 30.2 Å². The molecule has 1 unspecified atom stereocenters. The number of sulfone groups is 1. The fraction of sp³-hybridized carbons (Fsp3) is 0.368. The molecular weight excluding hydrogens is 421 g/mol. The summed E-state index contributed by atoms with van der Waals surface area (Å²) in [5.41, 5.74) is 0.926.